The first-order chi connectivity index (χ1) is 10.4. The summed E-state index contributed by atoms with van der Waals surface area (Å²) in [6, 6.07) is 5.52. The molecule has 2 rings (SSSR count). The summed E-state index contributed by atoms with van der Waals surface area (Å²) in [5.41, 5.74) is 0.657. The van der Waals surface area contributed by atoms with Gasteiger partial charge in [-0.05, 0) is 45.0 Å². The lowest BCUT2D eigenvalue weighted by molar-refractivity contribution is -0.151. The van der Waals surface area contributed by atoms with E-state index in [-0.39, 0.29) is 30.7 Å². The van der Waals surface area contributed by atoms with Crippen LogP contribution in [-0.2, 0) is 14.3 Å². The van der Waals surface area contributed by atoms with Crippen LogP contribution in [0.4, 0.5) is 4.39 Å². The fourth-order valence-electron chi connectivity index (χ4n) is 2.21. The Balaban J connectivity index is 2.38. The summed E-state index contributed by atoms with van der Waals surface area (Å²) in [6.07, 6.45) is 0. The van der Waals surface area contributed by atoms with Crippen molar-refractivity contribution in [1.82, 2.24) is 5.01 Å². The topological polar surface area (TPSA) is 59.0 Å². The van der Waals surface area contributed by atoms with Crippen LogP contribution in [0.15, 0.2) is 29.4 Å². The standard InChI is InChI=1S/C16H19FN2O3/c1-4-22-16(21)13-9-19(10(2)3)18-14(15(13)20)11-5-7-12(17)8-6-11/h5-8,10,13H,4,9H2,1-3H3. The van der Waals surface area contributed by atoms with Crippen LogP contribution in [0.1, 0.15) is 26.3 Å². The molecule has 1 aliphatic rings. The Morgan fingerprint density at radius 2 is 2.05 bits per heavy atom. The van der Waals surface area contributed by atoms with Crippen LogP contribution in [0.3, 0.4) is 0 Å². The number of Topliss-reactive ketones (excluding diaryl/α,β-unsaturated/α-hetero) is 1. The second kappa shape index (κ2) is 6.68. The van der Waals surface area contributed by atoms with Gasteiger partial charge in [0.15, 0.2) is 5.78 Å². The van der Waals surface area contributed by atoms with E-state index in [1.54, 1.807) is 11.9 Å². The third-order valence-corrected chi connectivity index (χ3v) is 3.43. The highest BCUT2D eigenvalue weighted by Crippen LogP contribution is 2.19. The quantitative estimate of drug-likeness (QED) is 0.630. The first-order valence-corrected chi connectivity index (χ1v) is 7.26. The van der Waals surface area contributed by atoms with E-state index in [0.717, 1.165) is 0 Å². The Morgan fingerprint density at radius 1 is 1.41 bits per heavy atom. The molecule has 22 heavy (non-hydrogen) atoms. The maximum atomic E-state index is 13.1. The van der Waals surface area contributed by atoms with Crippen molar-refractivity contribution in [2.45, 2.75) is 26.8 Å². The van der Waals surface area contributed by atoms with Gasteiger partial charge < -0.3 is 4.74 Å². The number of benzene rings is 1. The Labute approximate surface area is 128 Å². The largest absolute Gasteiger partial charge is 0.465 e. The average molecular weight is 306 g/mol. The SMILES string of the molecule is CCOC(=O)C1CN(C(C)C)N=C(c2ccc(F)cc2)C1=O. The molecule has 1 unspecified atom stereocenters. The van der Waals surface area contributed by atoms with Crippen molar-refractivity contribution < 1.29 is 18.7 Å². The highest BCUT2D eigenvalue weighted by atomic mass is 19.1. The second-order valence-electron chi connectivity index (χ2n) is 5.34. The normalized spacial score (nSPS) is 18.4. The zero-order valence-corrected chi connectivity index (χ0v) is 12.9. The van der Waals surface area contributed by atoms with Crippen molar-refractivity contribution in [3.05, 3.63) is 35.6 Å². The second-order valence-corrected chi connectivity index (χ2v) is 5.34. The molecule has 6 heteroatoms. The van der Waals surface area contributed by atoms with Gasteiger partial charge in [0, 0.05) is 11.6 Å². The average Bonchev–Trinajstić information content (AvgIpc) is 2.48. The van der Waals surface area contributed by atoms with Crippen molar-refractivity contribution in [2.24, 2.45) is 11.0 Å². The number of ether oxygens (including phenoxy) is 1. The summed E-state index contributed by atoms with van der Waals surface area (Å²) in [4.78, 5) is 24.6. The van der Waals surface area contributed by atoms with Gasteiger partial charge in [0.1, 0.15) is 17.4 Å². The molecule has 0 bridgehead atoms. The van der Waals surface area contributed by atoms with Gasteiger partial charge in [0.25, 0.3) is 0 Å². The summed E-state index contributed by atoms with van der Waals surface area (Å²) in [6.45, 7) is 5.95. The van der Waals surface area contributed by atoms with Crippen LogP contribution in [0, 0.1) is 11.7 Å². The molecule has 1 aromatic rings. The van der Waals surface area contributed by atoms with Gasteiger partial charge in [0.2, 0.25) is 0 Å². The number of nitrogens with zero attached hydrogens (tertiary/aromatic N) is 2. The number of carbonyl (C=O) groups is 2. The van der Waals surface area contributed by atoms with Gasteiger partial charge in [-0.2, -0.15) is 5.10 Å². The number of hydrogen-bond donors (Lipinski definition) is 0. The van der Waals surface area contributed by atoms with E-state index in [1.165, 1.54) is 24.3 Å². The number of esters is 1. The third kappa shape index (κ3) is 3.32. The molecule has 0 saturated carbocycles. The van der Waals surface area contributed by atoms with Crippen molar-refractivity contribution in [2.75, 3.05) is 13.2 Å². The Kier molecular flexibility index (Phi) is 4.90. The molecule has 0 spiro atoms. The molecular formula is C16H19FN2O3. The monoisotopic (exact) mass is 306 g/mol. The summed E-state index contributed by atoms with van der Waals surface area (Å²) in [5.74, 6) is -2.23. The zero-order valence-electron chi connectivity index (χ0n) is 12.9. The number of rotatable bonds is 4. The van der Waals surface area contributed by atoms with E-state index < -0.39 is 17.7 Å². The maximum absolute atomic E-state index is 13.1. The van der Waals surface area contributed by atoms with Crippen LogP contribution in [-0.4, -0.2) is 41.7 Å². The molecule has 0 radical (unpaired) electrons. The summed E-state index contributed by atoms with van der Waals surface area (Å²) < 4.78 is 18.0. The molecule has 0 fully saturated rings. The lowest BCUT2D eigenvalue weighted by Crippen LogP contribution is -2.47. The van der Waals surface area contributed by atoms with Crippen LogP contribution in [0.25, 0.3) is 0 Å². The molecule has 0 saturated heterocycles. The molecule has 1 aromatic carbocycles. The van der Waals surface area contributed by atoms with Crippen LogP contribution in [0.5, 0.6) is 0 Å². The van der Waals surface area contributed by atoms with Gasteiger partial charge >= 0.3 is 5.97 Å². The highest BCUT2D eigenvalue weighted by Gasteiger charge is 2.38. The minimum Gasteiger partial charge on any atom is -0.465 e. The smallest absolute Gasteiger partial charge is 0.318 e. The molecule has 5 nitrogen and oxygen atoms in total. The molecular weight excluding hydrogens is 287 g/mol. The fourth-order valence-corrected chi connectivity index (χ4v) is 2.21. The van der Waals surface area contributed by atoms with E-state index in [4.69, 9.17) is 4.74 Å². The van der Waals surface area contributed by atoms with Crippen molar-refractivity contribution >= 4 is 17.5 Å². The molecule has 0 aliphatic carbocycles. The van der Waals surface area contributed by atoms with Gasteiger partial charge in [-0.25, -0.2) is 4.39 Å². The number of hydrazone groups is 1. The first kappa shape index (κ1) is 16.1. The maximum Gasteiger partial charge on any atom is 0.318 e. The predicted molar refractivity (Wildman–Crippen MR) is 79.9 cm³/mol. The van der Waals surface area contributed by atoms with Crippen LogP contribution >= 0.6 is 0 Å². The number of hydrogen-bond acceptors (Lipinski definition) is 5. The molecule has 0 N–H and O–H groups in total. The van der Waals surface area contributed by atoms with Crippen LogP contribution in [0.2, 0.25) is 0 Å². The molecule has 0 aromatic heterocycles. The minimum atomic E-state index is -0.903. The third-order valence-electron chi connectivity index (χ3n) is 3.43. The Bertz CT molecular complexity index is 596. The van der Waals surface area contributed by atoms with E-state index in [9.17, 15) is 14.0 Å². The number of halogens is 1. The number of ketones is 1. The predicted octanol–water partition coefficient (Wildman–Crippen LogP) is 2.00. The fraction of sp³-hybridized carbons (Fsp3) is 0.438. The first-order valence-electron chi connectivity index (χ1n) is 7.26. The molecule has 118 valence electrons. The van der Waals surface area contributed by atoms with Gasteiger partial charge in [-0.1, -0.05) is 0 Å². The Hall–Kier alpha value is -2.24. The molecule has 1 atom stereocenters. The summed E-state index contributed by atoms with van der Waals surface area (Å²) in [5, 5.41) is 6.01. The highest BCUT2D eigenvalue weighted by molar-refractivity contribution is 6.49. The number of carbonyl (C=O) groups excluding carboxylic acids is 2. The minimum absolute atomic E-state index is 0.0282. The lowest BCUT2D eigenvalue weighted by atomic mass is 9.93. The zero-order chi connectivity index (χ0) is 16.3. The van der Waals surface area contributed by atoms with Crippen molar-refractivity contribution in [3.63, 3.8) is 0 Å². The van der Waals surface area contributed by atoms with Crippen LogP contribution < -0.4 is 0 Å². The van der Waals surface area contributed by atoms with E-state index in [2.05, 4.69) is 5.10 Å². The van der Waals surface area contributed by atoms with E-state index in [1.807, 2.05) is 13.8 Å². The van der Waals surface area contributed by atoms with Crippen molar-refractivity contribution in [1.29, 1.82) is 0 Å². The molecule has 1 aliphatic heterocycles. The molecule has 1 heterocycles. The summed E-state index contributed by atoms with van der Waals surface area (Å²) in [7, 11) is 0. The van der Waals surface area contributed by atoms with E-state index in [0.29, 0.717) is 5.56 Å². The molecule has 0 amide bonds. The van der Waals surface area contributed by atoms with Gasteiger partial charge in [-0.3, -0.25) is 14.6 Å². The van der Waals surface area contributed by atoms with Crippen molar-refractivity contribution in [3.8, 4) is 0 Å². The van der Waals surface area contributed by atoms with Gasteiger partial charge in [0.05, 0.1) is 13.2 Å². The lowest BCUT2D eigenvalue weighted by Gasteiger charge is -2.32. The van der Waals surface area contributed by atoms with E-state index >= 15 is 0 Å². The Morgan fingerprint density at radius 3 is 2.59 bits per heavy atom. The van der Waals surface area contributed by atoms with Gasteiger partial charge in [-0.15, -0.1) is 0 Å². The summed E-state index contributed by atoms with van der Waals surface area (Å²) >= 11 is 0.